The van der Waals surface area contributed by atoms with Crippen molar-refractivity contribution in [1.29, 1.82) is 0 Å². The van der Waals surface area contributed by atoms with E-state index >= 15 is 0 Å². The van der Waals surface area contributed by atoms with E-state index in [9.17, 15) is 4.79 Å². The first-order valence-electron chi connectivity index (χ1n) is 4.81. The molecular weight excluding hydrogens is 196 g/mol. The molecule has 15 heavy (non-hydrogen) atoms. The summed E-state index contributed by atoms with van der Waals surface area (Å²) < 4.78 is 4.89. The van der Waals surface area contributed by atoms with Gasteiger partial charge in [-0.2, -0.15) is 5.10 Å². The van der Waals surface area contributed by atoms with E-state index in [1.165, 1.54) is 7.11 Å². The number of hydrogen-bond acceptors (Lipinski definition) is 4. The van der Waals surface area contributed by atoms with Crippen molar-refractivity contribution in [3.63, 3.8) is 0 Å². The van der Waals surface area contributed by atoms with Crippen molar-refractivity contribution in [1.82, 2.24) is 10.2 Å². The number of methoxy groups -OCH3 is 1. The molecule has 0 unspecified atom stereocenters. The quantitative estimate of drug-likeness (QED) is 0.811. The summed E-state index contributed by atoms with van der Waals surface area (Å²) in [5, 5.41) is 16.8. The molecule has 1 aromatic rings. The molecule has 0 aliphatic heterocycles. The fraction of sp³-hybridized carbons (Fsp3) is 0.500. The van der Waals surface area contributed by atoms with Gasteiger partial charge in [0, 0.05) is 0 Å². The molecule has 0 aliphatic carbocycles. The van der Waals surface area contributed by atoms with Gasteiger partial charge in [-0.25, -0.2) is 4.79 Å². The number of ether oxygens (including phenoxy) is 1. The summed E-state index contributed by atoms with van der Waals surface area (Å²) >= 11 is 0. The molecule has 0 atom stereocenters. The minimum Gasteiger partial charge on any atom is -0.479 e. The highest BCUT2D eigenvalue weighted by atomic mass is 16.5. The van der Waals surface area contributed by atoms with Crippen LogP contribution in [0.25, 0.3) is 0 Å². The fourth-order valence-corrected chi connectivity index (χ4v) is 1.52. The Kier molecular flexibility index (Phi) is 3.60. The number of nitrogens with zero attached hydrogens (tertiary/aromatic N) is 2. The molecule has 1 aromatic heterocycles. The largest absolute Gasteiger partial charge is 0.479 e. The average molecular weight is 210 g/mol. The first kappa shape index (κ1) is 11.4. The highest BCUT2D eigenvalue weighted by Crippen LogP contribution is 2.22. The van der Waals surface area contributed by atoms with Crippen molar-refractivity contribution in [2.75, 3.05) is 7.11 Å². The molecule has 5 nitrogen and oxygen atoms in total. The molecule has 0 aromatic carbocycles. The lowest BCUT2D eigenvalue weighted by Gasteiger charge is -2.10. The number of carbonyl (C=O) groups is 1. The molecular formula is C10H14N2O3. The average Bonchev–Trinajstić information content (AvgIpc) is 2.26. The van der Waals surface area contributed by atoms with Crippen LogP contribution in [0.4, 0.5) is 0 Å². The molecule has 5 heteroatoms. The highest BCUT2D eigenvalue weighted by Gasteiger charge is 2.20. The Morgan fingerprint density at radius 3 is 2.40 bits per heavy atom. The molecule has 0 saturated carbocycles. The number of hydrogen-bond donors (Lipinski definition) is 1. The second-order valence-corrected chi connectivity index (χ2v) is 3.02. The van der Waals surface area contributed by atoms with E-state index < -0.39 is 5.97 Å². The highest BCUT2D eigenvalue weighted by molar-refractivity contribution is 5.92. The molecule has 0 radical (unpaired) electrons. The van der Waals surface area contributed by atoms with Gasteiger partial charge in [-0.15, -0.1) is 5.10 Å². The van der Waals surface area contributed by atoms with E-state index in [0.717, 1.165) is 5.69 Å². The van der Waals surface area contributed by atoms with E-state index in [1.807, 2.05) is 13.8 Å². The summed E-state index contributed by atoms with van der Waals surface area (Å²) in [6.07, 6.45) is 1.27. The number of aryl methyl sites for hydroxylation is 1. The number of aromatic carboxylic acids is 1. The molecule has 0 fully saturated rings. The molecule has 0 spiro atoms. The normalized spacial score (nSPS) is 10.1. The van der Waals surface area contributed by atoms with Gasteiger partial charge in [0.15, 0.2) is 0 Å². The number of rotatable bonds is 4. The van der Waals surface area contributed by atoms with Crippen molar-refractivity contribution in [3.05, 3.63) is 16.8 Å². The van der Waals surface area contributed by atoms with Crippen molar-refractivity contribution in [3.8, 4) is 5.88 Å². The zero-order valence-electron chi connectivity index (χ0n) is 9.07. The number of carboxylic acid groups (broad SMARTS) is 1. The van der Waals surface area contributed by atoms with Crippen molar-refractivity contribution < 1.29 is 14.6 Å². The van der Waals surface area contributed by atoms with Gasteiger partial charge in [-0.3, -0.25) is 0 Å². The Labute approximate surface area is 88.1 Å². The maximum absolute atomic E-state index is 11.1. The predicted molar refractivity (Wildman–Crippen MR) is 54.3 cm³/mol. The molecule has 0 amide bonds. The lowest BCUT2D eigenvalue weighted by molar-refractivity contribution is 0.0690. The minimum absolute atomic E-state index is 0.0801. The van der Waals surface area contributed by atoms with Gasteiger partial charge in [0.2, 0.25) is 5.88 Å². The van der Waals surface area contributed by atoms with E-state index in [2.05, 4.69) is 10.2 Å². The Balaban J connectivity index is 3.44. The predicted octanol–water partition coefficient (Wildman–Crippen LogP) is 1.31. The van der Waals surface area contributed by atoms with Crippen LogP contribution in [0.15, 0.2) is 0 Å². The van der Waals surface area contributed by atoms with Gasteiger partial charge >= 0.3 is 5.97 Å². The molecule has 0 saturated heterocycles. The second kappa shape index (κ2) is 4.72. The number of aromatic nitrogens is 2. The summed E-state index contributed by atoms with van der Waals surface area (Å²) in [5.74, 6) is -0.940. The lowest BCUT2D eigenvalue weighted by atomic mass is 10.0. The number of carboxylic acids is 1. The lowest BCUT2D eigenvalue weighted by Crippen LogP contribution is -2.11. The summed E-state index contributed by atoms with van der Waals surface area (Å²) in [5.41, 5.74) is 1.56. The second-order valence-electron chi connectivity index (χ2n) is 3.02. The molecule has 1 rings (SSSR count). The van der Waals surface area contributed by atoms with Crippen LogP contribution in [0, 0.1) is 0 Å². The van der Waals surface area contributed by atoms with Crippen LogP contribution < -0.4 is 4.74 Å². The van der Waals surface area contributed by atoms with Crippen molar-refractivity contribution >= 4 is 5.97 Å². The third kappa shape index (κ3) is 2.06. The van der Waals surface area contributed by atoms with Crippen molar-refractivity contribution in [2.45, 2.75) is 26.7 Å². The molecule has 1 N–H and O–H groups in total. The van der Waals surface area contributed by atoms with Crippen LogP contribution in [0.1, 0.15) is 35.5 Å². The SMILES string of the molecule is CCc1nnc(OC)c(C(=O)O)c1CC. The Morgan fingerprint density at radius 1 is 1.33 bits per heavy atom. The van der Waals surface area contributed by atoms with E-state index in [0.29, 0.717) is 18.4 Å². The van der Waals surface area contributed by atoms with Gasteiger partial charge in [0.05, 0.1) is 12.8 Å². The maximum Gasteiger partial charge on any atom is 0.341 e. The van der Waals surface area contributed by atoms with Crippen molar-refractivity contribution in [2.24, 2.45) is 0 Å². The zero-order valence-corrected chi connectivity index (χ0v) is 9.07. The summed E-state index contributed by atoms with van der Waals surface area (Å²) in [7, 11) is 1.39. The van der Waals surface area contributed by atoms with Gasteiger partial charge in [0.1, 0.15) is 5.56 Å². The van der Waals surface area contributed by atoms with Gasteiger partial charge in [-0.1, -0.05) is 13.8 Å². The summed E-state index contributed by atoms with van der Waals surface area (Å²) in [6, 6.07) is 0. The van der Waals surface area contributed by atoms with Gasteiger partial charge in [0.25, 0.3) is 0 Å². The van der Waals surface area contributed by atoms with Gasteiger partial charge in [-0.05, 0) is 18.4 Å². The minimum atomic E-state index is -1.02. The Morgan fingerprint density at radius 2 is 2.00 bits per heavy atom. The van der Waals surface area contributed by atoms with Crippen LogP contribution in [0.2, 0.25) is 0 Å². The van der Waals surface area contributed by atoms with E-state index in [-0.39, 0.29) is 11.4 Å². The third-order valence-electron chi connectivity index (χ3n) is 2.22. The van der Waals surface area contributed by atoms with Crippen LogP contribution in [0.5, 0.6) is 5.88 Å². The monoisotopic (exact) mass is 210 g/mol. The maximum atomic E-state index is 11.1. The first-order chi connectivity index (χ1) is 7.15. The topological polar surface area (TPSA) is 72.3 Å². The van der Waals surface area contributed by atoms with Crippen LogP contribution in [-0.4, -0.2) is 28.4 Å². The molecule has 1 heterocycles. The van der Waals surface area contributed by atoms with E-state index in [1.54, 1.807) is 0 Å². The van der Waals surface area contributed by atoms with Crippen LogP contribution in [0.3, 0.4) is 0 Å². The molecule has 0 bridgehead atoms. The van der Waals surface area contributed by atoms with E-state index in [4.69, 9.17) is 9.84 Å². The zero-order chi connectivity index (χ0) is 11.4. The third-order valence-corrected chi connectivity index (χ3v) is 2.22. The molecule has 0 aliphatic rings. The first-order valence-corrected chi connectivity index (χ1v) is 4.81. The molecule has 82 valence electrons. The Hall–Kier alpha value is -1.65. The summed E-state index contributed by atoms with van der Waals surface area (Å²) in [4.78, 5) is 11.1. The van der Waals surface area contributed by atoms with Crippen LogP contribution in [-0.2, 0) is 12.8 Å². The Bertz CT molecular complexity index is 377. The standard InChI is InChI=1S/C10H14N2O3/c1-4-6-7(5-2)11-12-9(15-3)8(6)10(13)14/h4-5H2,1-3H3,(H,13,14). The van der Waals surface area contributed by atoms with Crippen LogP contribution >= 0.6 is 0 Å². The summed E-state index contributed by atoms with van der Waals surface area (Å²) in [6.45, 7) is 3.81. The fourth-order valence-electron chi connectivity index (χ4n) is 1.52. The van der Waals surface area contributed by atoms with Gasteiger partial charge < -0.3 is 9.84 Å². The smallest absolute Gasteiger partial charge is 0.341 e.